The zero-order valence-corrected chi connectivity index (χ0v) is 16.5. The van der Waals surface area contributed by atoms with E-state index in [1.165, 1.54) is 19.9 Å². The molecule has 0 aliphatic rings. The van der Waals surface area contributed by atoms with Crippen molar-refractivity contribution in [3.05, 3.63) is 51.3 Å². The first-order valence-electron chi connectivity index (χ1n) is 7.94. The molecule has 146 valence electrons. The molecule has 1 amide bonds. The van der Waals surface area contributed by atoms with Crippen molar-refractivity contribution in [2.45, 2.75) is 33.5 Å². The van der Waals surface area contributed by atoms with E-state index in [0.717, 1.165) is 10.1 Å². The minimum Gasteiger partial charge on any atom is -0.452 e. The van der Waals surface area contributed by atoms with Crippen molar-refractivity contribution in [3.8, 4) is 0 Å². The van der Waals surface area contributed by atoms with Crippen molar-refractivity contribution in [2.75, 3.05) is 11.9 Å². The van der Waals surface area contributed by atoms with E-state index in [2.05, 4.69) is 21.2 Å². The highest BCUT2D eigenvalue weighted by molar-refractivity contribution is 9.10. The van der Waals surface area contributed by atoms with E-state index >= 15 is 0 Å². The molecule has 0 radical (unpaired) electrons. The Balaban J connectivity index is 2.01. The summed E-state index contributed by atoms with van der Waals surface area (Å²) in [6, 6.07) is 6.64. The Labute approximate surface area is 162 Å². The monoisotopic (exact) mass is 446 g/mol. The minimum absolute atomic E-state index is 0.000987. The summed E-state index contributed by atoms with van der Waals surface area (Å²) in [6.45, 7) is 3.02. The van der Waals surface area contributed by atoms with Crippen LogP contribution in [0.15, 0.2) is 28.7 Å². The largest absolute Gasteiger partial charge is 0.452 e. The van der Waals surface area contributed by atoms with Crippen LogP contribution >= 0.6 is 15.9 Å². The summed E-state index contributed by atoms with van der Waals surface area (Å²) < 4.78 is 44.5. The number of carbonyl (C=O) groups is 2. The van der Waals surface area contributed by atoms with Crippen LogP contribution in [0.4, 0.5) is 18.9 Å². The fourth-order valence-corrected chi connectivity index (χ4v) is 3.14. The Morgan fingerprint density at radius 3 is 2.44 bits per heavy atom. The van der Waals surface area contributed by atoms with Gasteiger partial charge in [0.15, 0.2) is 6.61 Å². The van der Waals surface area contributed by atoms with Gasteiger partial charge in [-0.15, -0.1) is 0 Å². The van der Waals surface area contributed by atoms with Gasteiger partial charge in [0.1, 0.15) is 6.54 Å². The molecule has 0 unspecified atom stereocenters. The summed E-state index contributed by atoms with van der Waals surface area (Å²) >= 11 is 3.32. The van der Waals surface area contributed by atoms with Crippen molar-refractivity contribution in [3.63, 3.8) is 0 Å². The van der Waals surface area contributed by atoms with Gasteiger partial charge in [0.05, 0.1) is 11.3 Å². The summed E-state index contributed by atoms with van der Waals surface area (Å²) in [5.41, 5.74) is 1.94. The maximum absolute atomic E-state index is 12.6. The van der Waals surface area contributed by atoms with Gasteiger partial charge in [-0.2, -0.15) is 13.2 Å². The molecule has 1 heterocycles. The highest BCUT2D eigenvalue weighted by Crippen LogP contribution is 2.24. The van der Waals surface area contributed by atoms with Gasteiger partial charge in [0.2, 0.25) is 0 Å². The number of alkyl halides is 3. The summed E-state index contributed by atoms with van der Waals surface area (Å²) in [5, 5.41) is 2.59. The molecule has 0 saturated carbocycles. The molecule has 0 fully saturated rings. The van der Waals surface area contributed by atoms with E-state index in [1.54, 1.807) is 6.07 Å². The van der Waals surface area contributed by atoms with Crippen LogP contribution in [-0.2, 0) is 16.1 Å². The van der Waals surface area contributed by atoms with Crippen LogP contribution in [0, 0.1) is 20.8 Å². The first-order valence-corrected chi connectivity index (χ1v) is 8.74. The second-order valence-electron chi connectivity index (χ2n) is 6.09. The highest BCUT2D eigenvalue weighted by Gasteiger charge is 2.30. The normalized spacial score (nSPS) is 11.4. The average Bonchev–Trinajstić information content (AvgIpc) is 2.82. The second-order valence-corrected chi connectivity index (χ2v) is 6.95. The predicted octanol–water partition coefficient (Wildman–Crippen LogP) is 4.53. The molecule has 0 aliphatic heterocycles. The number of rotatable bonds is 5. The molecule has 0 aliphatic carbocycles. The highest BCUT2D eigenvalue weighted by atomic mass is 79.9. The number of aromatic nitrogens is 1. The first-order chi connectivity index (χ1) is 12.5. The van der Waals surface area contributed by atoms with Crippen molar-refractivity contribution in [1.82, 2.24) is 4.57 Å². The van der Waals surface area contributed by atoms with Crippen LogP contribution in [0.25, 0.3) is 0 Å². The number of esters is 1. The van der Waals surface area contributed by atoms with Crippen molar-refractivity contribution < 1.29 is 27.5 Å². The van der Waals surface area contributed by atoms with Crippen LogP contribution in [0.1, 0.15) is 27.3 Å². The molecule has 1 aromatic heterocycles. The van der Waals surface area contributed by atoms with Crippen molar-refractivity contribution >= 4 is 33.5 Å². The molecule has 0 bridgehead atoms. The SMILES string of the molecule is Cc1ccc(NC(=O)COC(=O)c2cc(C)n(CC(F)(F)F)c2C)c(Br)c1. The maximum Gasteiger partial charge on any atom is 0.406 e. The molecule has 0 saturated heterocycles. The van der Waals surface area contributed by atoms with E-state index in [0.29, 0.717) is 10.2 Å². The fourth-order valence-electron chi connectivity index (χ4n) is 2.55. The maximum atomic E-state index is 12.6. The molecule has 1 aromatic carbocycles. The molecule has 5 nitrogen and oxygen atoms in total. The lowest BCUT2D eigenvalue weighted by Gasteiger charge is -2.12. The van der Waals surface area contributed by atoms with E-state index in [1.807, 2.05) is 19.1 Å². The van der Waals surface area contributed by atoms with Crippen molar-refractivity contribution in [2.24, 2.45) is 0 Å². The van der Waals surface area contributed by atoms with Gasteiger partial charge in [-0.05, 0) is 60.5 Å². The van der Waals surface area contributed by atoms with Gasteiger partial charge < -0.3 is 14.6 Å². The van der Waals surface area contributed by atoms with Crippen LogP contribution in [0.3, 0.4) is 0 Å². The molecular formula is C18H18BrF3N2O3. The number of ether oxygens (including phenoxy) is 1. The van der Waals surface area contributed by atoms with E-state index in [-0.39, 0.29) is 17.0 Å². The Morgan fingerprint density at radius 1 is 1.19 bits per heavy atom. The van der Waals surface area contributed by atoms with Gasteiger partial charge in [-0.3, -0.25) is 4.79 Å². The third-order valence-corrected chi connectivity index (χ3v) is 4.52. The molecule has 0 spiro atoms. The van der Waals surface area contributed by atoms with Crippen LogP contribution in [-0.4, -0.2) is 29.2 Å². The lowest BCUT2D eigenvalue weighted by Crippen LogP contribution is -2.22. The van der Waals surface area contributed by atoms with E-state index in [4.69, 9.17) is 4.74 Å². The number of anilines is 1. The molecule has 2 aromatic rings. The molecular weight excluding hydrogens is 429 g/mol. The Morgan fingerprint density at radius 2 is 1.85 bits per heavy atom. The zero-order valence-electron chi connectivity index (χ0n) is 14.9. The molecule has 2 rings (SSSR count). The number of aryl methyl sites for hydroxylation is 2. The Bertz CT molecular complexity index is 875. The number of hydrogen-bond acceptors (Lipinski definition) is 3. The summed E-state index contributed by atoms with van der Waals surface area (Å²) in [5.74, 6) is -1.41. The molecule has 27 heavy (non-hydrogen) atoms. The van der Waals surface area contributed by atoms with Crippen molar-refractivity contribution in [1.29, 1.82) is 0 Å². The summed E-state index contributed by atoms with van der Waals surface area (Å²) in [4.78, 5) is 24.1. The third-order valence-electron chi connectivity index (χ3n) is 3.86. The second kappa shape index (κ2) is 8.16. The zero-order chi connectivity index (χ0) is 20.4. The number of halogens is 4. The Kier molecular flexibility index (Phi) is 6.35. The number of hydrogen-bond donors (Lipinski definition) is 1. The standard InChI is InChI=1S/C18H18BrF3N2O3/c1-10-4-5-15(14(19)6-10)23-16(25)8-27-17(26)13-7-11(2)24(12(13)3)9-18(20,21)22/h4-7H,8-9H2,1-3H3,(H,23,25). The summed E-state index contributed by atoms with van der Waals surface area (Å²) in [6.07, 6.45) is -4.41. The van der Waals surface area contributed by atoms with Crippen LogP contribution < -0.4 is 5.32 Å². The number of amides is 1. The van der Waals surface area contributed by atoms with Gasteiger partial charge >= 0.3 is 12.1 Å². The fraction of sp³-hybridized carbons (Fsp3) is 0.333. The Hall–Kier alpha value is -2.29. The average molecular weight is 447 g/mol. The molecule has 1 N–H and O–H groups in total. The smallest absolute Gasteiger partial charge is 0.406 e. The number of nitrogens with one attached hydrogen (secondary N) is 1. The van der Waals surface area contributed by atoms with Crippen LogP contribution in [0.2, 0.25) is 0 Å². The number of nitrogens with zero attached hydrogens (tertiary/aromatic N) is 1. The molecule has 0 atom stereocenters. The predicted molar refractivity (Wildman–Crippen MR) is 97.8 cm³/mol. The lowest BCUT2D eigenvalue weighted by atomic mass is 10.2. The minimum atomic E-state index is -4.41. The van der Waals surface area contributed by atoms with Gasteiger partial charge in [0.25, 0.3) is 5.91 Å². The summed E-state index contributed by atoms with van der Waals surface area (Å²) in [7, 11) is 0. The lowest BCUT2D eigenvalue weighted by molar-refractivity contribution is -0.141. The number of carbonyl (C=O) groups excluding carboxylic acids is 2. The van der Waals surface area contributed by atoms with Crippen LogP contribution in [0.5, 0.6) is 0 Å². The van der Waals surface area contributed by atoms with E-state index in [9.17, 15) is 22.8 Å². The quantitative estimate of drug-likeness (QED) is 0.686. The number of benzene rings is 1. The molecule has 9 heteroatoms. The first kappa shape index (κ1) is 21.0. The topological polar surface area (TPSA) is 60.3 Å². The van der Waals surface area contributed by atoms with Gasteiger partial charge in [-0.1, -0.05) is 6.07 Å². The van der Waals surface area contributed by atoms with Gasteiger partial charge in [0, 0.05) is 15.9 Å². The third kappa shape index (κ3) is 5.59. The van der Waals surface area contributed by atoms with Gasteiger partial charge in [-0.25, -0.2) is 4.79 Å². The van der Waals surface area contributed by atoms with E-state index < -0.39 is 31.2 Å².